The number of hydrogen-bond donors (Lipinski definition) is 2. The summed E-state index contributed by atoms with van der Waals surface area (Å²) < 4.78 is 35.6. The zero-order valence-electron chi connectivity index (χ0n) is 10.1. The fourth-order valence-corrected chi connectivity index (χ4v) is 1.41. The summed E-state index contributed by atoms with van der Waals surface area (Å²) in [6, 6.07) is 2.94. The van der Waals surface area contributed by atoms with E-state index in [0.717, 1.165) is 18.2 Å². The number of nitro benzene ring substituents is 1. The summed E-state index contributed by atoms with van der Waals surface area (Å²) >= 11 is 0. The Morgan fingerprint density at radius 2 is 2.05 bits per heavy atom. The molecule has 0 aliphatic carbocycles. The summed E-state index contributed by atoms with van der Waals surface area (Å²) in [5.41, 5.74) is -0.626. The van der Waals surface area contributed by atoms with Gasteiger partial charge in [-0.15, -0.1) is 0 Å². The molecule has 6 nitrogen and oxygen atoms in total. The highest BCUT2D eigenvalue weighted by Crippen LogP contribution is 2.26. The van der Waals surface area contributed by atoms with Crippen LogP contribution in [-0.2, 0) is 0 Å². The van der Waals surface area contributed by atoms with Gasteiger partial charge in [-0.05, 0) is 18.6 Å². The number of nitrogens with zero attached hydrogens (tertiary/aromatic N) is 1. The molecule has 1 rings (SSSR count). The van der Waals surface area contributed by atoms with E-state index in [1.807, 2.05) is 0 Å². The van der Waals surface area contributed by atoms with Gasteiger partial charge in [0.1, 0.15) is 0 Å². The Morgan fingerprint density at radius 3 is 2.55 bits per heavy atom. The van der Waals surface area contributed by atoms with Crippen LogP contribution in [0.4, 0.5) is 18.9 Å². The molecule has 110 valence electrons. The van der Waals surface area contributed by atoms with Gasteiger partial charge in [-0.3, -0.25) is 14.9 Å². The van der Waals surface area contributed by atoms with Crippen molar-refractivity contribution in [3.63, 3.8) is 0 Å². The first-order chi connectivity index (χ1) is 9.20. The highest BCUT2D eigenvalue weighted by atomic mass is 19.4. The van der Waals surface area contributed by atoms with E-state index in [1.165, 1.54) is 0 Å². The molecular formula is C11H11F3N2O4. The van der Waals surface area contributed by atoms with Gasteiger partial charge in [0.2, 0.25) is 0 Å². The molecular weight excluding hydrogens is 281 g/mol. The maximum Gasteiger partial charge on any atom is 0.389 e. The van der Waals surface area contributed by atoms with E-state index in [1.54, 1.807) is 0 Å². The van der Waals surface area contributed by atoms with E-state index in [4.69, 9.17) is 0 Å². The van der Waals surface area contributed by atoms with Crippen molar-refractivity contribution in [2.75, 3.05) is 6.54 Å². The second kappa shape index (κ2) is 6.22. The molecule has 1 aromatic rings. The van der Waals surface area contributed by atoms with Gasteiger partial charge in [0.05, 0.1) is 4.92 Å². The second-order valence-corrected chi connectivity index (χ2v) is 3.94. The Hall–Kier alpha value is -2.32. The lowest BCUT2D eigenvalue weighted by Crippen LogP contribution is -2.25. The average molecular weight is 292 g/mol. The van der Waals surface area contributed by atoms with Gasteiger partial charge in [-0.2, -0.15) is 13.2 Å². The Bertz CT molecular complexity index is 517. The Labute approximate surface area is 111 Å². The molecule has 0 unspecified atom stereocenters. The maximum absolute atomic E-state index is 11.9. The van der Waals surface area contributed by atoms with Crippen LogP contribution in [0.5, 0.6) is 5.75 Å². The van der Waals surface area contributed by atoms with Crippen molar-refractivity contribution in [2.24, 2.45) is 0 Å². The first-order valence-corrected chi connectivity index (χ1v) is 5.53. The van der Waals surface area contributed by atoms with E-state index < -0.39 is 34.9 Å². The third-order valence-corrected chi connectivity index (χ3v) is 2.36. The fraction of sp³-hybridized carbons (Fsp3) is 0.364. The molecule has 9 heteroatoms. The first kappa shape index (κ1) is 15.7. The van der Waals surface area contributed by atoms with Crippen LogP contribution in [0, 0.1) is 10.1 Å². The number of nitrogens with one attached hydrogen (secondary N) is 1. The molecule has 1 amide bonds. The lowest BCUT2D eigenvalue weighted by atomic mass is 10.1. The van der Waals surface area contributed by atoms with Crippen LogP contribution in [-0.4, -0.2) is 28.7 Å². The van der Waals surface area contributed by atoms with E-state index >= 15 is 0 Å². The number of rotatable bonds is 5. The number of amides is 1. The molecule has 0 aliphatic rings. The van der Waals surface area contributed by atoms with Crippen LogP contribution in [0.25, 0.3) is 0 Å². The van der Waals surface area contributed by atoms with Crippen molar-refractivity contribution in [3.8, 4) is 5.75 Å². The van der Waals surface area contributed by atoms with Crippen LogP contribution < -0.4 is 5.32 Å². The summed E-state index contributed by atoms with van der Waals surface area (Å²) in [5.74, 6) is -1.39. The van der Waals surface area contributed by atoms with E-state index in [0.29, 0.717) is 0 Å². The van der Waals surface area contributed by atoms with Crippen molar-refractivity contribution in [2.45, 2.75) is 19.0 Å². The number of alkyl halides is 3. The molecule has 1 aromatic carbocycles. The molecule has 0 spiro atoms. The molecule has 0 atom stereocenters. The summed E-state index contributed by atoms with van der Waals surface area (Å²) in [7, 11) is 0. The summed E-state index contributed by atoms with van der Waals surface area (Å²) in [6.07, 6.45) is -5.57. The highest BCUT2D eigenvalue weighted by Gasteiger charge is 2.26. The van der Waals surface area contributed by atoms with Gasteiger partial charge < -0.3 is 10.4 Å². The molecule has 0 aliphatic heterocycles. The van der Waals surface area contributed by atoms with Gasteiger partial charge in [0, 0.05) is 24.6 Å². The van der Waals surface area contributed by atoms with E-state index in [9.17, 15) is 33.2 Å². The Balaban J connectivity index is 2.56. The lowest BCUT2D eigenvalue weighted by Gasteiger charge is -2.07. The van der Waals surface area contributed by atoms with Crippen LogP contribution in [0.3, 0.4) is 0 Å². The number of hydrogen-bond acceptors (Lipinski definition) is 4. The average Bonchev–Trinajstić information content (AvgIpc) is 2.32. The quantitative estimate of drug-likeness (QED) is 0.495. The number of benzene rings is 1. The minimum absolute atomic E-state index is 0.0693. The minimum Gasteiger partial charge on any atom is -0.502 e. The first-order valence-electron chi connectivity index (χ1n) is 5.53. The SMILES string of the molecule is O=C(NCCCC(F)(F)F)c1ccc([N+](=O)[O-])c(O)c1. The molecule has 0 radical (unpaired) electrons. The number of carbonyl (C=O) groups excluding carboxylic acids is 1. The molecule has 0 saturated carbocycles. The summed E-state index contributed by atoms with van der Waals surface area (Å²) in [6.45, 7) is -0.184. The number of aromatic hydroxyl groups is 1. The number of phenolic OH excluding ortho intramolecular Hbond substituents is 1. The van der Waals surface area contributed by atoms with Crippen molar-refractivity contribution < 1.29 is 28.0 Å². The molecule has 0 bridgehead atoms. The van der Waals surface area contributed by atoms with Crippen molar-refractivity contribution in [1.82, 2.24) is 5.32 Å². The Morgan fingerprint density at radius 1 is 1.40 bits per heavy atom. The zero-order chi connectivity index (χ0) is 15.3. The van der Waals surface area contributed by atoms with Crippen molar-refractivity contribution in [1.29, 1.82) is 0 Å². The molecule has 2 N–H and O–H groups in total. The molecule has 0 heterocycles. The van der Waals surface area contributed by atoms with Crippen LogP contribution in [0.15, 0.2) is 18.2 Å². The fourth-order valence-electron chi connectivity index (χ4n) is 1.41. The van der Waals surface area contributed by atoms with Crippen LogP contribution >= 0.6 is 0 Å². The molecule has 20 heavy (non-hydrogen) atoms. The standard InChI is InChI=1S/C11H11F3N2O4/c12-11(13,14)4-1-5-15-10(18)7-2-3-8(16(19)20)9(17)6-7/h2-3,6,17H,1,4-5H2,(H,15,18). The van der Waals surface area contributed by atoms with Crippen LogP contribution in [0.2, 0.25) is 0 Å². The summed E-state index contributed by atoms with van der Waals surface area (Å²) in [5, 5.41) is 22.0. The predicted molar refractivity (Wildman–Crippen MR) is 62.4 cm³/mol. The number of nitro groups is 1. The smallest absolute Gasteiger partial charge is 0.389 e. The van der Waals surface area contributed by atoms with Gasteiger partial charge >= 0.3 is 11.9 Å². The van der Waals surface area contributed by atoms with Gasteiger partial charge in [0.25, 0.3) is 5.91 Å². The zero-order valence-corrected chi connectivity index (χ0v) is 10.1. The Kier molecular flexibility index (Phi) is 4.89. The van der Waals surface area contributed by atoms with Gasteiger partial charge in [-0.1, -0.05) is 0 Å². The van der Waals surface area contributed by atoms with Crippen molar-refractivity contribution in [3.05, 3.63) is 33.9 Å². The summed E-state index contributed by atoms with van der Waals surface area (Å²) in [4.78, 5) is 21.2. The molecule has 0 saturated heterocycles. The monoisotopic (exact) mass is 292 g/mol. The second-order valence-electron chi connectivity index (χ2n) is 3.94. The highest BCUT2D eigenvalue weighted by molar-refractivity contribution is 5.95. The molecule has 0 fully saturated rings. The number of halogens is 3. The number of carbonyl (C=O) groups is 1. The lowest BCUT2D eigenvalue weighted by molar-refractivity contribution is -0.385. The number of phenols is 1. The van der Waals surface area contributed by atoms with Crippen LogP contribution in [0.1, 0.15) is 23.2 Å². The third kappa shape index (κ3) is 4.75. The largest absolute Gasteiger partial charge is 0.502 e. The third-order valence-electron chi connectivity index (χ3n) is 2.36. The normalized spacial score (nSPS) is 11.2. The van der Waals surface area contributed by atoms with Gasteiger partial charge in [0.15, 0.2) is 5.75 Å². The predicted octanol–water partition coefficient (Wildman–Crippen LogP) is 2.37. The minimum atomic E-state index is -4.28. The molecule has 0 aromatic heterocycles. The topological polar surface area (TPSA) is 92.5 Å². The van der Waals surface area contributed by atoms with Gasteiger partial charge in [-0.25, -0.2) is 0 Å². The van der Waals surface area contributed by atoms with Crippen molar-refractivity contribution >= 4 is 11.6 Å². The maximum atomic E-state index is 11.9. The van der Waals surface area contributed by atoms with E-state index in [2.05, 4.69) is 5.32 Å². The van der Waals surface area contributed by atoms with E-state index in [-0.39, 0.29) is 18.5 Å².